The van der Waals surface area contributed by atoms with Crippen LogP contribution >= 0.6 is 0 Å². The molecule has 0 saturated heterocycles. The Bertz CT molecular complexity index is 717. The van der Waals surface area contributed by atoms with Crippen LogP contribution in [-0.2, 0) is 0 Å². The Morgan fingerprint density at radius 1 is 0.842 bits per heavy atom. The third-order valence-corrected chi connectivity index (χ3v) is 3.31. The van der Waals surface area contributed by atoms with E-state index in [2.05, 4.69) is 18.2 Å². The van der Waals surface area contributed by atoms with Crippen LogP contribution in [0.15, 0.2) is 60.7 Å². The highest BCUT2D eigenvalue weighted by atomic mass is 16.5. The lowest BCUT2D eigenvalue weighted by Gasteiger charge is -2.12. The van der Waals surface area contributed by atoms with Crippen molar-refractivity contribution in [2.24, 2.45) is 0 Å². The van der Waals surface area contributed by atoms with Crippen molar-refractivity contribution in [2.75, 3.05) is 12.8 Å². The van der Waals surface area contributed by atoms with E-state index in [1.165, 1.54) is 10.8 Å². The van der Waals surface area contributed by atoms with E-state index in [-0.39, 0.29) is 0 Å². The molecule has 19 heavy (non-hydrogen) atoms. The van der Waals surface area contributed by atoms with Crippen LogP contribution in [0.4, 0.5) is 5.69 Å². The number of hydrogen-bond donors (Lipinski definition) is 1. The number of rotatable bonds is 2. The van der Waals surface area contributed by atoms with Crippen molar-refractivity contribution in [3.05, 3.63) is 60.7 Å². The predicted octanol–water partition coefficient (Wildman–Crippen LogP) is 4.10. The minimum atomic E-state index is 0.767. The normalized spacial score (nSPS) is 10.6. The van der Waals surface area contributed by atoms with Crippen molar-refractivity contribution in [1.29, 1.82) is 0 Å². The minimum Gasteiger partial charge on any atom is -0.496 e. The molecule has 0 saturated carbocycles. The van der Waals surface area contributed by atoms with Gasteiger partial charge < -0.3 is 10.5 Å². The largest absolute Gasteiger partial charge is 0.496 e. The third kappa shape index (κ3) is 2.02. The minimum absolute atomic E-state index is 0.767. The molecule has 2 nitrogen and oxygen atoms in total. The van der Waals surface area contributed by atoms with E-state index in [1.54, 1.807) is 7.11 Å². The molecule has 0 fully saturated rings. The fraction of sp³-hybridized carbons (Fsp3) is 0.0588. The van der Waals surface area contributed by atoms with Crippen molar-refractivity contribution >= 4 is 16.5 Å². The van der Waals surface area contributed by atoms with E-state index < -0.39 is 0 Å². The molecule has 0 atom stereocenters. The zero-order valence-corrected chi connectivity index (χ0v) is 10.8. The molecule has 0 aliphatic rings. The van der Waals surface area contributed by atoms with Gasteiger partial charge in [-0.05, 0) is 34.5 Å². The number of benzene rings is 3. The standard InChI is InChI=1S/C17H15NO/c1-19-16-11-8-12-4-2-3-5-15(12)17(16)13-6-9-14(18)10-7-13/h2-11H,18H2,1H3. The maximum Gasteiger partial charge on any atom is 0.127 e. The lowest BCUT2D eigenvalue weighted by atomic mass is 9.97. The van der Waals surface area contributed by atoms with Crippen LogP contribution in [0.1, 0.15) is 0 Å². The molecule has 0 bridgehead atoms. The monoisotopic (exact) mass is 249 g/mol. The van der Waals surface area contributed by atoms with Crippen LogP contribution in [0, 0.1) is 0 Å². The summed E-state index contributed by atoms with van der Waals surface area (Å²) in [5.74, 6) is 0.878. The summed E-state index contributed by atoms with van der Waals surface area (Å²) in [4.78, 5) is 0. The predicted molar refractivity (Wildman–Crippen MR) is 80.3 cm³/mol. The summed E-state index contributed by atoms with van der Waals surface area (Å²) in [5, 5.41) is 2.39. The van der Waals surface area contributed by atoms with Crippen LogP contribution in [0.5, 0.6) is 5.75 Å². The Hall–Kier alpha value is -2.48. The molecule has 0 unspecified atom stereocenters. The molecule has 2 N–H and O–H groups in total. The first-order valence-corrected chi connectivity index (χ1v) is 6.21. The van der Waals surface area contributed by atoms with Gasteiger partial charge in [0, 0.05) is 11.3 Å². The van der Waals surface area contributed by atoms with Gasteiger partial charge in [0.05, 0.1) is 7.11 Å². The number of hydrogen-bond acceptors (Lipinski definition) is 2. The molecule has 3 aromatic carbocycles. The lowest BCUT2D eigenvalue weighted by Crippen LogP contribution is -1.90. The summed E-state index contributed by atoms with van der Waals surface area (Å²) >= 11 is 0. The van der Waals surface area contributed by atoms with Crippen molar-refractivity contribution in [3.63, 3.8) is 0 Å². The number of nitrogens with two attached hydrogens (primary N) is 1. The summed E-state index contributed by atoms with van der Waals surface area (Å²) in [6, 6.07) is 20.3. The van der Waals surface area contributed by atoms with Crippen molar-refractivity contribution < 1.29 is 4.74 Å². The van der Waals surface area contributed by atoms with Crippen LogP contribution in [-0.4, -0.2) is 7.11 Å². The first-order valence-electron chi connectivity index (χ1n) is 6.21. The highest BCUT2D eigenvalue weighted by Crippen LogP contribution is 2.37. The second-order valence-electron chi connectivity index (χ2n) is 4.49. The number of methoxy groups -OCH3 is 1. The van der Waals surface area contributed by atoms with Crippen molar-refractivity contribution in [1.82, 2.24) is 0 Å². The van der Waals surface area contributed by atoms with Crippen LogP contribution < -0.4 is 10.5 Å². The maximum absolute atomic E-state index is 5.76. The number of fused-ring (bicyclic) bond motifs is 1. The van der Waals surface area contributed by atoms with E-state index in [0.717, 1.165) is 22.6 Å². The fourth-order valence-electron chi connectivity index (χ4n) is 2.37. The molecule has 0 aromatic heterocycles. The highest BCUT2D eigenvalue weighted by Gasteiger charge is 2.10. The van der Waals surface area contributed by atoms with Gasteiger partial charge in [-0.1, -0.05) is 42.5 Å². The number of anilines is 1. The quantitative estimate of drug-likeness (QED) is 0.694. The topological polar surface area (TPSA) is 35.2 Å². The Morgan fingerprint density at radius 3 is 2.32 bits per heavy atom. The molecule has 0 amide bonds. The molecule has 0 spiro atoms. The molecule has 0 aliphatic carbocycles. The summed E-state index contributed by atoms with van der Waals surface area (Å²) in [5.41, 5.74) is 8.75. The van der Waals surface area contributed by atoms with Gasteiger partial charge in [-0.2, -0.15) is 0 Å². The average molecular weight is 249 g/mol. The summed E-state index contributed by atoms with van der Waals surface area (Å²) in [6.45, 7) is 0. The molecule has 3 rings (SSSR count). The second kappa shape index (κ2) is 4.65. The van der Waals surface area contributed by atoms with Crippen LogP contribution in [0.3, 0.4) is 0 Å². The fourth-order valence-corrected chi connectivity index (χ4v) is 2.37. The summed E-state index contributed by atoms with van der Waals surface area (Å²) in [6.07, 6.45) is 0. The molecule has 3 aromatic rings. The Labute approximate surface area is 112 Å². The smallest absolute Gasteiger partial charge is 0.127 e. The molecule has 94 valence electrons. The van der Waals surface area contributed by atoms with E-state index in [9.17, 15) is 0 Å². The number of ether oxygens (including phenoxy) is 1. The van der Waals surface area contributed by atoms with Crippen LogP contribution in [0.2, 0.25) is 0 Å². The Balaban J connectivity index is 2.33. The van der Waals surface area contributed by atoms with Crippen molar-refractivity contribution in [3.8, 4) is 16.9 Å². The summed E-state index contributed by atoms with van der Waals surface area (Å²) < 4.78 is 5.51. The first kappa shape index (κ1) is 11.6. The van der Waals surface area contributed by atoms with Crippen molar-refractivity contribution in [2.45, 2.75) is 0 Å². The van der Waals surface area contributed by atoms with Gasteiger partial charge in [-0.15, -0.1) is 0 Å². The Morgan fingerprint density at radius 2 is 1.58 bits per heavy atom. The first-order chi connectivity index (χ1) is 9.29. The highest BCUT2D eigenvalue weighted by molar-refractivity contribution is 5.99. The van der Waals surface area contributed by atoms with E-state index in [0.29, 0.717) is 0 Å². The SMILES string of the molecule is COc1ccc2ccccc2c1-c1ccc(N)cc1. The van der Waals surface area contributed by atoms with Gasteiger partial charge in [0.2, 0.25) is 0 Å². The van der Waals surface area contributed by atoms with Gasteiger partial charge in [0.25, 0.3) is 0 Å². The van der Waals surface area contributed by atoms with E-state index in [4.69, 9.17) is 10.5 Å². The van der Waals surface area contributed by atoms with Gasteiger partial charge in [-0.3, -0.25) is 0 Å². The molecular formula is C17H15NO. The van der Waals surface area contributed by atoms with Gasteiger partial charge in [0.15, 0.2) is 0 Å². The molecule has 0 heterocycles. The second-order valence-corrected chi connectivity index (χ2v) is 4.49. The lowest BCUT2D eigenvalue weighted by molar-refractivity contribution is 0.417. The molecule has 0 radical (unpaired) electrons. The van der Waals surface area contributed by atoms with Gasteiger partial charge in [0.1, 0.15) is 5.75 Å². The van der Waals surface area contributed by atoms with Crippen LogP contribution in [0.25, 0.3) is 21.9 Å². The molecular weight excluding hydrogens is 234 g/mol. The van der Waals surface area contributed by atoms with Gasteiger partial charge >= 0.3 is 0 Å². The zero-order valence-electron chi connectivity index (χ0n) is 10.8. The maximum atomic E-state index is 5.76. The third-order valence-electron chi connectivity index (χ3n) is 3.31. The number of nitrogen functional groups attached to an aromatic ring is 1. The molecule has 2 heteroatoms. The van der Waals surface area contributed by atoms with E-state index >= 15 is 0 Å². The molecule has 0 aliphatic heterocycles. The summed E-state index contributed by atoms with van der Waals surface area (Å²) in [7, 11) is 1.70. The van der Waals surface area contributed by atoms with E-state index in [1.807, 2.05) is 42.5 Å². The Kier molecular flexibility index (Phi) is 2.84. The zero-order chi connectivity index (χ0) is 13.2. The van der Waals surface area contributed by atoms with Gasteiger partial charge in [-0.25, -0.2) is 0 Å². The average Bonchev–Trinajstić information content (AvgIpc) is 2.47.